The molecule has 0 aliphatic rings. The van der Waals surface area contributed by atoms with Crippen molar-refractivity contribution in [3.8, 4) is 11.5 Å². The average molecular weight is 805 g/mol. The van der Waals surface area contributed by atoms with Crippen molar-refractivity contribution in [2.45, 2.75) is 201 Å². The lowest BCUT2D eigenvalue weighted by molar-refractivity contribution is -0.141. The maximum absolute atomic E-state index is 13.4. The molecule has 4 amide bonds. The molecule has 0 fully saturated rings. The number of amides is 4. The summed E-state index contributed by atoms with van der Waals surface area (Å²) in [7, 11) is 0. The lowest BCUT2D eigenvalue weighted by Gasteiger charge is -2.23. The Morgan fingerprint density at radius 2 is 0.912 bits per heavy atom. The van der Waals surface area contributed by atoms with Gasteiger partial charge in [0.1, 0.15) is 35.4 Å². The lowest BCUT2D eigenvalue weighted by atomic mass is 10.0. The molecular weight excluding hydrogens is 732 g/mol. The number of rotatable bonds is 24. The highest BCUT2D eigenvalue weighted by atomic mass is 16.6. The van der Waals surface area contributed by atoms with Gasteiger partial charge in [0.25, 0.3) is 0 Å². The van der Waals surface area contributed by atoms with Crippen molar-refractivity contribution in [3.05, 3.63) is 23.8 Å². The fourth-order valence-electron chi connectivity index (χ4n) is 5.57. The van der Waals surface area contributed by atoms with E-state index < -0.39 is 71.3 Å². The Kier molecular flexibility index (Phi) is 22.9. The van der Waals surface area contributed by atoms with Crippen LogP contribution >= 0.6 is 0 Å². The summed E-state index contributed by atoms with van der Waals surface area (Å²) < 4.78 is 21.9. The Hall–Kier alpha value is -4.36. The molecule has 57 heavy (non-hydrogen) atoms. The minimum Gasteiger partial charge on any atom is -0.444 e. The van der Waals surface area contributed by atoms with Crippen molar-refractivity contribution in [2.24, 2.45) is 0 Å². The van der Waals surface area contributed by atoms with Gasteiger partial charge in [-0.1, -0.05) is 96.1 Å². The van der Waals surface area contributed by atoms with Crippen molar-refractivity contribution in [3.63, 3.8) is 0 Å². The first-order chi connectivity index (χ1) is 26.6. The molecule has 0 saturated carbocycles. The summed E-state index contributed by atoms with van der Waals surface area (Å²) in [5.74, 6) is -2.97. The summed E-state index contributed by atoms with van der Waals surface area (Å²) >= 11 is 0. The SMILES string of the molecule is CCCCCCCCCCCCCCCc1cccc(OC(=O)C(C)NC(=O)C(C)NC(=O)OC(C)(C)C)c1OC(=O)C(C)NC(=O)C(C)NC(=O)OC(C)(C)C. The maximum atomic E-state index is 13.4. The van der Waals surface area contributed by atoms with Crippen molar-refractivity contribution in [1.82, 2.24) is 21.3 Å². The van der Waals surface area contributed by atoms with Gasteiger partial charge in [-0.15, -0.1) is 0 Å². The topological polar surface area (TPSA) is 187 Å². The van der Waals surface area contributed by atoms with Crippen LogP contribution in [0, 0.1) is 0 Å². The third-order valence-electron chi connectivity index (χ3n) is 8.70. The second kappa shape index (κ2) is 25.8. The fraction of sp³-hybridized carbons (Fsp3) is 0.721. The van der Waals surface area contributed by atoms with E-state index in [1.807, 2.05) is 0 Å². The van der Waals surface area contributed by atoms with Gasteiger partial charge < -0.3 is 40.2 Å². The molecule has 1 aromatic rings. The highest BCUT2D eigenvalue weighted by Crippen LogP contribution is 2.33. The molecule has 0 aliphatic carbocycles. The third-order valence-corrected chi connectivity index (χ3v) is 8.70. The highest BCUT2D eigenvalue weighted by Gasteiger charge is 2.28. The van der Waals surface area contributed by atoms with Gasteiger partial charge in [0.2, 0.25) is 11.8 Å². The van der Waals surface area contributed by atoms with Crippen molar-refractivity contribution in [2.75, 3.05) is 0 Å². The molecule has 1 aromatic carbocycles. The van der Waals surface area contributed by atoms with E-state index in [1.165, 1.54) is 91.5 Å². The van der Waals surface area contributed by atoms with Crippen LogP contribution in [0.1, 0.15) is 165 Å². The van der Waals surface area contributed by atoms with Crippen molar-refractivity contribution < 1.29 is 47.7 Å². The van der Waals surface area contributed by atoms with Gasteiger partial charge in [0.05, 0.1) is 0 Å². The van der Waals surface area contributed by atoms with E-state index in [9.17, 15) is 28.8 Å². The van der Waals surface area contributed by atoms with Gasteiger partial charge in [0, 0.05) is 0 Å². The molecule has 0 aliphatic heterocycles. The fourth-order valence-corrected chi connectivity index (χ4v) is 5.57. The Bertz CT molecular complexity index is 1440. The molecule has 14 nitrogen and oxygen atoms in total. The van der Waals surface area contributed by atoms with Gasteiger partial charge in [-0.3, -0.25) is 9.59 Å². The first kappa shape index (κ1) is 50.7. The zero-order chi connectivity index (χ0) is 43.2. The molecule has 4 unspecified atom stereocenters. The average Bonchev–Trinajstić information content (AvgIpc) is 3.09. The molecule has 0 heterocycles. The largest absolute Gasteiger partial charge is 0.444 e. The molecule has 4 N–H and O–H groups in total. The molecular formula is C43H72N4O10. The highest BCUT2D eigenvalue weighted by molar-refractivity contribution is 5.91. The number of benzene rings is 1. The number of alkyl carbamates (subject to hydrolysis) is 2. The van der Waals surface area contributed by atoms with E-state index in [-0.39, 0.29) is 11.5 Å². The second-order valence-electron chi connectivity index (χ2n) is 16.8. The van der Waals surface area contributed by atoms with E-state index >= 15 is 0 Å². The first-order valence-corrected chi connectivity index (χ1v) is 20.8. The number of hydrogen-bond acceptors (Lipinski definition) is 10. The van der Waals surface area contributed by atoms with Gasteiger partial charge in [-0.2, -0.15) is 0 Å². The van der Waals surface area contributed by atoms with Crippen molar-refractivity contribution in [1.29, 1.82) is 0 Å². The molecule has 0 bridgehead atoms. The van der Waals surface area contributed by atoms with Gasteiger partial charge in [0.15, 0.2) is 11.5 Å². The van der Waals surface area contributed by atoms with E-state index in [1.54, 1.807) is 53.7 Å². The standard InChI is InChI=1S/C43H72N4O10/c1-12-13-14-15-16-17-18-19-20-21-22-23-24-26-33-27-25-28-34(54-38(50)31(4)44-36(48)29(2)46-40(52)56-42(6,7)8)35(33)55-39(51)32(5)45-37(49)30(3)47-41(53)57-43(9,10)11/h25,27-32H,12-24,26H2,1-11H3,(H,44,48)(H,45,49)(H,46,52)(H,47,53). The monoisotopic (exact) mass is 805 g/mol. The van der Waals surface area contributed by atoms with E-state index in [0.29, 0.717) is 12.0 Å². The number of nitrogens with one attached hydrogen (secondary N) is 4. The number of aryl methyl sites for hydroxylation is 1. The molecule has 0 saturated heterocycles. The van der Waals surface area contributed by atoms with Crippen LogP contribution < -0.4 is 30.7 Å². The van der Waals surface area contributed by atoms with Crippen LogP contribution in [0.25, 0.3) is 0 Å². The van der Waals surface area contributed by atoms with Crippen LogP contribution in [0.2, 0.25) is 0 Å². The molecule has 0 radical (unpaired) electrons. The van der Waals surface area contributed by atoms with Crippen molar-refractivity contribution >= 4 is 35.9 Å². The summed E-state index contributed by atoms with van der Waals surface area (Å²) in [6, 6.07) is 0.609. The zero-order valence-electron chi connectivity index (χ0n) is 36.5. The molecule has 0 aromatic heterocycles. The number of esters is 2. The number of hydrogen-bond donors (Lipinski definition) is 4. The number of unbranched alkanes of at least 4 members (excludes halogenated alkanes) is 12. The van der Waals surface area contributed by atoms with E-state index in [0.717, 1.165) is 25.7 Å². The second-order valence-corrected chi connectivity index (χ2v) is 16.8. The van der Waals surface area contributed by atoms with Crippen LogP contribution in [0.4, 0.5) is 9.59 Å². The maximum Gasteiger partial charge on any atom is 0.408 e. The number of carbonyl (C=O) groups excluding carboxylic acids is 6. The minimum absolute atomic E-state index is 0.0225. The van der Waals surface area contributed by atoms with Gasteiger partial charge in [-0.05, 0) is 93.7 Å². The lowest BCUT2D eigenvalue weighted by Crippen LogP contribution is -2.51. The summed E-state index contributed by atoms with van der Waals surface area (Å²) in [5.41, 5.74) is -0.901. The summed E-state index contributed by atoms with van der Waals surface area (Å²) in [6.07, 6.45) is 14.5. The van der Waals surface area contributed by atoms with E-state index in [4.69, 9.17) is 18.9 Å². The summed E-state index contributed by atoms with van der Waals surface area (Å²) in [6.45, 7) is 18.2. The summed E-state index contributed by atoms with van der Waals surface area (Å²) in [4.78, 5) is 76.6. The first-order valence-electron chi connectivity index (χ1n) is 20.8. The van der Waals surface area contributed by atoms with Crippen LogP contribution in [-0.4, -0.2) is 71.3 Å². The number of ether oxygens (including phenoxy) is 4. The Balaban J connectivity index is 2.99. The van der Waals surface area contributed by atoms with Gasteiger partial charge >= 0.3 is 24.1 Å². The third kappa shape index (κ3) is 22.8. The molecule has 4 atom stereocenters. The molecule has 0 spiro atoms. The predicted molar refractivity (Wildman–Crippen MR) is 220 cm³/mol. The zero-order valence-corrected chi connectivity index (χ0v) is 36.5. The quantitative estimate of drug-likeness (QED) is 0.0454. The number of carbonyl (C=O) groups is 6. The normalized spacial score (nSPS) is 13.6. The number of para-hydroxylation sites is 1. The molecule has 324 valence electrons. The Labute approximate surface area is 341 Å². The van der Waals surface area contributed by atoms with Crippen LogP contribution in [-0.2, 0) is 35.1 Å². The smallest absolute Gasteiger partial charge is 0.408 e. The van der Waals surface area contributed by atoms with E-state index in [2.05, 4.69) is 28.2 Å². The van der Waals surface area contributed by atoms with Gasteiger partial charge in [-0.25, -0.2) is 19.2 Å². The Morgan fingerprint density at radius 1 is 0.526 bits per heavy atom. The molecule has 14 heteroatoms. The Morgan fingerprint density at radius 3 is 1.32 bits per heavy atom. The minimum atomic E-state index is -1.15. The van der Waals surface area contributed by atoms with Crippen LogP contribution in [0.5, 0.6) is 11.5 Å². The van der Waals surface area contributed by atoms with Crippen LogP contribution in [0.3, 0.4) is 0 Å². The summed E-state index contributed by atoms with van der Waals surface area (Å²) in [5, 5.41) is 9.93. The predicted octanol–water partition coefficient (Wildman–Crippen LogP) is 7.97. The molecule has 1 rings (SSSR count). The van der Waals surface area contributed by atoms with Crippen LogP contribution in [0.15, 0.2) is 18.2 Å².